The number of rotatable bonds is 4. The lowest BCUT2D eigenvalue weighted by molar-refractivity contribution is 0.0926. The molecular weight excluding hydrogens is 280 g/mol. The predicted octanol–water partition coefficient (Wildman–Crippen LogP) is 3.45. The van der Waals surface area contributed by atoms with Crippen LogP contribution in [0.5, 0.6) is 0 Å². The number of nitrogens with zero attached hydrogens (tertiary/aromatic N) is 2. The maximum absolute atomic E-state index is 10.5. The van der Waals surface area contributed by atoms with Crippen LogP contribution in [-0.4, -0.2) is 14.9 Å². The molecule has 0 radical (unpaired) electrons. The third kappa shape index (κ3) is 2.80. The number of aryl methyl sites for hydroxylation is 1. The molecule has 4 heteroatoms. The molecule has 1 heterocycles. The van der Waals surface area contributed by atoms with E-state index in [2.05, 4.69) is 40.1 Å². The normalized spacial score (nSPS) is 21.7. The van der Waals surface area contributed by atoms with E-state index in [4.69, 9.17) is 0 Å². The summed E-state index contributed by atoms with van der Waals surface area (Å²) in [4.78, 5) is 0. The van der Waals surface area contributed by atoms with Crippen molar-refractivity contribution in [3.63, 3.8) is 0 Å². The monoisotopic (exact) mass is 298 g/mol. The Bertz CT molecular complexity index is 400. The highest BCUT2D eigenvalue weighted by molar-refractivity contribution is 9.10. The molecule has 2 rings (SSSR count). The first kappa shape index (κ1) is 12.8. The Labute approximate surface area is 111 Å². The highest BCUT2D eigenvalue weighted by Gasteiger charge is 2.26. The van der Waals surface area contributed by atoms with E-state index in [1.807, 2.05) is 4.68 Å². The molecule has 2 atom stereocenters. The van der Waals surface area contributed by atoms with Gasteiger partial charge in [-0.05, 0) is 47.5 Å². The van der Waals surface area contributed by atoms with Crippen molar-refractivity contribution < 1.29 is 5.11 Å². The van der Waals surface area contributed by atoms with Gasteiger partial charge in [-0.2, -0.15) is 5.10 Å². The lowest BCUT2D eigenvalue weighted by Gasteiger charge is -2.24. The first-order valence-corrected chi connectivity index (χ1v) is 7.07. The fraction of sp³-hybridized carbons (Fsp3) is 0.615. The van der Waals surface area contributed by atoms with Gasteiger partial charge < -0.3 is 5.11 Å². The Balaban J connectivity index is 2.19. The molecular formula is C13H19BrN2O. The summed E-state index contributed by atoms with van der Waals surface area (Å²) in [7, 11) is 0. The molecule has 94 valence electrons. The molecule has 3 nitrogen and oxygen atoms in total. The van der Waals surface area contributed by atoms with Gasteiger partial charge in [-0.3, -0.25) is 4.68 Å². The van der Waals surface area contributed by atoms with Crippen molar-refractivity contribution in [3.8, 4) is 0 Å². The molecule has 1 N–H and O–H groups in total. The Morgan fingerprint density at radius 2 is 2.41 bits per heavy atom. The maximum Gasteiger partial charge on any atom is 0.0999 e. The average Bonchev–Trinajstić information content (AvgIpc) is 2.71. The molecule has 0 aromatic carbocycles. The van der Waals surface area contributed by atoms with Gasteiger partial charge in [0.1, 0.15) is 0 Å². The van der Waals surface area contributed by atoms with E-state index in [0.29, 0.717) is 5.92 Å². The molecule has 1 aromatic rings. The molecule has 0 spiro atoms. The zero-order valence-electron chi connectivity index (χ0n) is 10.1. The molecule has 0 saturated carbocycles. The lowest BCUT2D eigenvalue weighted by Crippen LogP contribution is -2.18. The molecule has 0 bridgehead atoms. The van der Waals surface area contributed by atoms with Crippen LogP contribution < -0.4 is 0 Å². The second-order valence-corrected chi connectivity index (χ2v) is 5.44. The number of aliphatic hydroxyl groups is 1. The van der Waals surface area contributed by atoms with Gasteiger partial charge >= 0.3 is 0 Å². The molecule has 0 amide bonds. The zero-order valence-corrected chi connectivity index (χ0v) is 11.7. The summed E-state index contributed by atoms with van der Waals surface area (Å²) in [6.45, 7) is 2.98. The van der Waals surface area contributed by atoms with Crippen LogP contribution in [0.3, 0.4) is 0 Å². The van der Waals surface area contributed by atoms with E-state index >= 15 is 0 Å². The van der Waals surface area contributed by atoms with Crippen LogP contribution in [0.2, 0.25) is 0 Å². The summed E-state index contributed by atoms with van der Waals surface area (Å²) in [5, 5.41) is 14.8. The number of hydrogen-bond donors (Lipinski definition) is 1. The molecule has 1 aliphatic rings. The van der Waals surface area contributed by atoms with Gasteiger partial charge in [0, 0.05) is 6.54 Å². The van der Waals surface area contributed by atoms with E-state index in [-0.39, 0.29) is 0 Å². The van der Waals surface area contributed by atoms with E-state index < -0.39 is 6.10 Å². The number of aromatic nitrogens is 2. The van der Waals surface area contributed by atoms with Gasteiger partial charge in [0.2, 0.25) is 0 Å². The Morgan fingerprint density at radius 3 is 3.06 bits per heavy atom. The van der Waals surface area contributed by atoms with Crippen LogP contribution in [-0.2, 0) is 6.54 Å². The SMILES string of the molecule is CCCn1ncc(Br)c1C(O)C1CC=CCC1. The predicted molar refractivity (Wildman–Crippen MR) is 71.7 cm³/mol. The number of hydrogen-bond acceptors (Lipinski definition) is 2. The van der Waals surface area contributed by atoms with Crippen molar-refractivity contribution in [1.82, 2.24) is 9.78 Å². The molecule has 1 aromatic heterocycles. The van der Waals surface area contributed by atoms with Gasteiger partial charge in [0.05, 0.1) is 22.5 Å². The summed E-state index contributed by atoms with van der Waals surface area (Å²) in [5.74, 6) is 0.323. The number of aliphatic hydroxyl groups excluding tert-OH is 1. The summed E-state index contributed by atoms with van der Waals surface area (Å²) < 4.78 is 2.85. The van der Waals surface area contributed by atoms with Crippen LogP contribution in [0.1, 0.15) is 44.4 Å². The van der Waals surface area contributed by atoms with Crippen LogP contribution in [0, 0.1) is 5.92 Å². The highest BCUT2D eigenvalue weighted by atomic mass is 79.9. The van der Waals surface area contributed by atoms with Crippen LogP contribution >= 0.6 is 15.9 Å². The Morgan fingerprint density at radius 1 is 1.59 bits per heavy atom. The van der Waals surface area contributed by atoms with Crippen LogP contribution in [0.4, 0.5) is 0 Å². The van der Waals surface area contributed by atoms with E-state index in [1.54, 1.807) is 6.20 Å². The number of allylic oxidation sites excluding steroid dienone is 2. The highest BCUT2D eigenvalue weighted by Crippen LogP contribution is 2.34. The summed E-state index contributed by atoms with van der Waals surface area (Å²) in [6, 6.07) is 0. The third-order valence-corrected chi connectivity index (χ3v) is 3.92. The minimum Gasteiger partial charge on any atom is -0.386 e. The van der Waals surface area contributed by atoms with E-state index in [0.717, 1.165) is 42.4 Å². The molecule has 0 fully saturated rings. The molecule has 1 aliphatic carbocycles. The molecule has 0 saturated heterocycles. The maximum atomic E-state index is 10.5. The van der Waals surface area contributed by atoms with Crippen LogP contribution in [0.25, 0.3) is 0 Å². The first-order chi connectivity index (χ1) is 8.24. The Kier molecular flexibility index (Phi) is 4.40. The fourth-order valence-electron chi connectivity index (χ4n) is 2.38. The van der Waals surface area contributed by atoms with Gasteiger partial charge in [0.25, 0.3) is 0 Å². The minimum absolute atomic E-state index is 0.323. The van der Waals surface area contributed by atoms with E-state index in [9.17, 15) is 5.11 Å². The summed E-state index contributed by atoms with van der Waals surface area (Å²) in [6.07, 6.45) is 9.86. The van der Waals surface area contributed by atoms with E-state index in [1.165, 1.54) is 0 Å². The standard InChI is InChI=1S/C13H19BrN2O/c1-2-8-16-12(11(14)9-15-16)13(17)10-6-4-3-5-7-10/h3-4,9-10,13,17H,2,5-8H2,1H3. The molecule has 17 heavy (non-hydrogen) atoms. The fourth-order valence-corrected chi connectivity index (χ4v) is 2.91. The lowest BCUT2D eigenvalue weighted by atomic mass is 9.88. The van der Waals surface area contributed by atoms with Crippen molar-refractivity contribution in [2.75, 3.05) is 0 Å². The quantitative estimate of drug-likeness (QED) is 0.865. The first-order valence-electron chi connectivity index (χ1n) is 6.28. The minimum atomic E-state index is -0.414. The largest absolute Gasteiger partial charge is 0.386 e. The van der Waals surface area contributed by atoms with Gasteiger partial charge in [-0.15, -0.1) is 0 Å². The Hall–Kier alpha value is -0.610. The van der Waals surface area contributed by atoms with Gasteiger partial charge in [-0.1, -0.05) is 19.1 Å². The second kappa shape index (κ2) is 5.83. The smallest absolute Gasteiger partial charge is 0.0999 e. The third-order valence-electron chi connectivity index (χ3n) is 3.30. The van der Waals surface area contributed by atoms with Crippen molar-refractivity contribution in [3.05, 3.63) is 28.5 Å². The topological polar surface area (TPSA) is 38.0 Å². The van der Waals surface area contributed by atoms with Crippen molar-refractivity contribution >= 4 is 15.9 Å². The number of halogens is 1. The summed E-state index contributed by atoms with van der Waals surface area (Å²) >= 11 is 3.49. The molecule has 2 unspecified atom stereocenters. The van der Waals surface area contributed by atoms with Crippen molar-refractivity contribution in [1.29, 1.82) is 0 Å². The van der Waals surface area contributed by atoms with Gasteiger partial charge in [-0.25, -0.2) is 0 Å². The van der Waals surface area contributed by atoms with Crippen molar-refractivity contribution in [2.45, 2.75) is 45.3 Å². The molecule has 0 aliphatic heterocycles. The summed E-state index contributed by atoms with van der Waals surface area (Å²) in [5.41, 5.74) is 0.937. The second-order valence-electron chi connectivity index (χ2n) is 4.59. The average molecular weight is 299 g/mol. The zero-order chi connectivity index (χ0) is 12.3. The van der Waals surface area contributed by atoms with Gasteiger partial charge in [0.15, 0.2) is 0 Å². The van der Waals surface area contributed by atoms with Crippen LogP contribution in [0.15, 0.2) is 22.8 Å². The van der Waals surface area contributed by atoms with Crippen molar-refractivity contribution in [2.24, 2.45) is 5.92 Å².